The lowest BCUT2D eigenvalue weighted by Gasteiger charge is -2.29. The van der Waals surface area contributed by atoms with Crippen LogP contribution in [0.2, 0.25) is 0 Å². The number of hydrogen-bond acceptors (Lipinski definition) is 4. The predicted molar refractivity (Wildman–Crippen MR) is 114 cm³/mol. The van der Waals surface area contributed by atoms with Crippen molar-refractivity contribution in [3.63, 3.8) is 0 Å². The molecule has 0 saturated carbocycles. The quantitative estimate of drug-likeness (QED) is 0.702. The Labute approximate surface area is 171 Å². The van der Waals surface area contributed by atoms with Gasteiger partial charge in [0.25, 0.3) is 5.91 Å². The second-order valence-corrected chi connectivity index (χ2v) is 7.20. The number of hydrogen-bond donors (Lipinski definition) is 1. The Morgan fingerprint density at radius 2 is 1.97 bits per heavy atom. The Kier molecular flexibility index (Phi) is 5.75. The van der Waals surface area contributed by atoms with E-state index in [0.717, 1.165) is 43.1 Å². The molecule has 5 nitrogen and oxygen atoms in total. The highest BCUT2D eigenvalue weighted by atomic mass is 16.5. The SMILES string of the molecule is COc1cccc(CCNC(=O)c2ccnc(N3CCc4ccccc4C3)c2)c1. The maximum absolute atomic E-state index is 12.6. The number of nitrogens with zero attached hydrogens (tertiary/aromatic N) is 2. The maximum Gasteiger partial charge on any atom is 0.251 e. The van der Waals surface area contributed by atoms with Gasteiger partial charge in [0.15, 0.2) is 0 Å². The summed E-state index contributed by atoms with van der Waals surface area (Å²) in [5, 5.41) is 3.00. The van der Waals surface area contributed by atoms with E-state index in [2.05, 4.69) is 39.5 Å². The van der Waals surface area contributed by atoms with Gasteiger partial charge in [0.2, 0.25) is 0 Å². The van der Waals surface area contributed by atoms with Crippen molar-refractivity contribution >= 4 is 11.7 Å². The van der Waals surface area contributed by atoms with Crippen LogP contribution in [0.4, 0.5) is 5.82 Å². The van der Waals surface area contributed by atoms with E-state index in [1.807, 2.05) is 30.3 Å². The molecule has 0 spiro atoms. The average molecular weight is 387 g/mol. The number of carbonyl (C=O) groups is 1. The minimum absolute atomic E-state index is 0.0750. The normalized spacial score (nSPS) is 12.9. The number of aromatic nitrogens is 1. The van der Waals surface area contributed by atoms with Crippen molar-refractivity contribution in [2.75, 3.05) is 25.1 Å². The Balaban J connectivity index is 1.37. The summed E-state index contributed by atoms with van der Waals surface area (Å²) in [6.07, 6.45) is 3.46. The van der Waals surface area contributed by atoms with Gasteiger partial charge in [-0.1, -0.05) is 36.4 Å². The fourth-order valence-electron chi connectivity index (χ4n) is 3.67. The number of amides is 1. The highest BCUT2D eigenvalue weighted by molar-refractivity contribution is 5.94. The number of anilines is 1. The van der Waals surface area contributed by atoms with Gasteiger partial charge in [-0.2, -0.15) is 0 Å². The minimum atomic E-state index is -0.0750. The lowest BCUT2D eigenvalue weighted by Crippen LogP contribution is -2.31. The molecule has 2 aromatic carbocycles. The highest BCUT2D eigenvalue weighted by Gasteiger charge is 2.18. The third-order valence-electron chi connectivity index (χ3n) is 5.30. The second kappa shape index (κ2) is 8.78. The summed E-state index contributed by atoms with van der Waals surface area (Å²) < 4.78 is 5.25. The first-order valence-electron chi connectivity index (χ1n) is 9.92. The Morgan fingerprint density at radius 3 is 2.83 bits per heavy atom. The van der Waals surface area contributed by atoms with Gasteiger partial charge in [0.05, 0.1) is 7.11 Å². The van der Waals surface area contributed by atoms with Crippen LogP contribution >= 0.6 is 0 Å². The fraction of sp³-hybridized carbons (Fsp3) is 0.250. The van der Waals surface area contributed by atoms with Crippen LogP contribution in [-0.2, 0) is 19.4 Å². The van der Waals surface area contributed by atoms with Crippen LogP contribution in [-0.4, -0.2) is 31.1 Å². The van der Waals surface area contributed by atoms with E-state index in [-0.39, 0.29) is 5.91 Å². The molecule has 2 heterocycles. The summed E-state index contributed by atoms with van der Waals surface area (Å²) in [5.74, 6) is 1.60. The van der Waals surface area contributed by atoms with Gasteiger partial charge in [0, 0.05) is 31.4 Å². The molecule has 0 atom stereocenters. The summed E-state index contributed by atoms with van der Waals surface area (Å²) in [6.45, 7) is 2.30. The predicted octanol–water partition coefficient (Wildman–Crippen LogP) is 3.63. The smallest absolute Gasteiger partial charge is 0.251 e. The van der Waals surface area contributed by atoms with Gasteiger partial charge >= 0.3 is 0 Å². The Hall–Kier alpha value is -3.34. The number of nitrogens with one attached hydrogen (secondary N) is 1. The van der Waals surface area contributed by atoms with Crippen LogP contribution in [0.1, 0.15) is 27.0 Å². The first-order valence-corrected chi connectivity index (χ1v) is 9.92. The first kappa shape index (κ1) is 19.0. The van der Waals surface area contributed by atoms with Crippen LogP contribution in [0.25, 0.3) is 0 Å². The fourth-order valence-corrected chi connectivity index (χ4v) is 3.67. The zero-order valence-corrected chi connectivity index (χ0v) is 16.6. The van der Waals surface area contributed by atoms with Crippen LogP contribution in [0.15, 0.2) is 66.9 Å². The summed E-state index contributed by atoms with van der Waals surface area (Å²) in [5.41, 5.74) is 4.50. The molecule has 0 saturated heterocycles. The zero-order valence-electron chi connectivity index (χ0n) is 16.6. The van der Waals surface area contributed by atoms with Gasteiger partial charge in [-0.05, 0) is 53.8 Å². The number of methoxy groups -OCH3 is 1. The molecule has 1 N–H and O–H groups in total. The number of ether oxygens (including phenoxy) is 1. The van der Waals surface area contributed by atoms with Crippen LogP contribution in [0.5, 0.6) is 5.75 Å². The zero-order chi connectivity index (χ0) is 20.1. The summed E-state index contributed by atoms with van der Waals surface area (Å²) in [4.78, 5) is 19.3. The molecule has 0 fully saturated rings. The van der Waals surface area contributed by atoms with E-state index in [0.29, 0.717) is 12.1 Å². The lowest BCUT2D eigenvalue weighted by molar-refractivity contribution is 0.0954. The van der Waals surface area contributed by atoms with Gasteiger partial charge in [-0.15, -0.1) is 0 Å². The number of pyridine rings is 1. The highest BCUT2D eigenvalue weighted by Crippen LogP contribution is 2.23. The molecule has 4 rings (SSSR count). The Bertz CT molecular complexity index is 1000. The van der Waals surface area contributed by atoms with Crippen molar-refractivity contribution in [1.29, 1.82) is 0 Å². The van der Waals surface area contributed by atoms with E-state index >= 15 is 0 Å². The third kappa shape index (κ3) is 4.57. The van der Waals surface area contributed by atoms with Crippen LogP contribution < -0.4 is 15.0 Å². The number of carbonyl (C=O) groups excluding carboxylic acids is 1. The molecule has 1 aliphatic heterocycles. The Morgan fingerprint density at radius 1 is 1.10 bits per heavy atom. The van der Waals surface area contributed by atoms with Crippen molar-refractivity contribution in [2.24, 2.45) is 0 Å². The molecular formula is C24H25N3O2. The second-order valence-electron chi connectivity index (χ2n) is 7.20. The van der Waals surface area contributed by atoms with E-state index in [9.17, 15) is 4.79 Å². The molecule has 1 aliphatic rings. The minimum Gasteiger partial charge on any atom is -0.497 e. The standard InChI is InChI=1S/C24H25N3O2/c1-29-22-8-4-5-18(15-22)9-12-26-24(28)20-10-13-25-23(16-20)27-14-11-19-6-2-3-7-21(19)17-27/h2-8,10,13,15-16H,9,11-12,14,17H2,1H3,(H,26,28). The molecular weight excluding hydrogens is 362 g/mol. The van der Waals surface area contributed by atoms with E-state index in [1.54, 1.807) is 19.4 Å². The van der Waals surface area contributed by atoms with Gasteiger partial charge in [-0.25, -0.2) is 4.98 Å². The van der Waals surface area contributed by atoms with Crippen molar-refractivity contribution < 1.29 is 9.53 Å². The molecule has 1 amide bonds. The molecule has 0 radical (unpaired) electrons. The molecule has 0 aliphatic carbocycles. The average Bonchev–Trinajstić information content (AvgIpc) is 2.79. The number of benzene rings is 2. The van der Waals surface area contributed by atoms with Gasteiger partial charge in [-0.3, -0.25) is 4.79 Å². The van der Waals surface area contributed by atoms with Crippen molar-refractivity contribution in [1.82, 2.24) is 10.3 Å². The summed E-state index contributed by atoms with van der Waals surface area (Å²) in [6, 6.07) is 20.1. The number of fused-ring (bicyclic) bond motifs is 1. The lowest BCUT2D eigenvalue weighted by atomic mass is 10.00. The number of rotatable bonds is 6. The van der Waals surface area contributed by atoms with Crippen LogP contribution in [0, 0.1) is 0 Å². The van der Waals surface area contributed by atoms with Crippen LogP contribution in [0.3, 0.4) is 0 Å². The van der Waals surface area contributed by atoms with E-state index in [4.69, 9.17) is 4.74 Å². The van der Waals surface area contributed by atoms with Gasteiger partial charge in [0.1, 0.15) is 11.6 Å². The first-order chi connectivity index (χ1) is 14.2. The maximum atomic E-state index is 12.6. The van der Waals surface area contributed by atoms with Crippen molar-refractivity contribution in [3.05, 3.63) is 89.1 Å². The summed E-state index contributed by atoms with van der Waals surface area (Å²) in [7, 11) is 1.66. The molecule has 29 heavy (non-hydrogen) atoms. The molecule has 148 valence electrons. The van der Waals surface area contributed by atoms with Crippen molar-refractivity contribution in [2.45, 2.75) is 19.4 Å². The third-order valence-corrected chi connectivity index (χ3v) is 5.30. The molecule has 0 bridgehead atoms. The molecule has 1 aromatic heterocycles. The largest absolute Gasteiger partial charge is 0.497 e. The van der Waals surface area contributed by atoms with Crippen molar-refractivity contribution in [3.8, 4) is 5.75 Å². The topological polar surface area (TPSA) is 54.5 Å². The monoisotopic (exact) mass is 387 g/mol. The van der Waals surface area contributed by atoms with E-state index in [1.165, 1.54) is 11.1 Å². The molecule has 5 heteroatoms. The van der Waals surface area contributed by atoms with E-state index < -0.39 is 0 Å². The van der Waals surface area contributed by atoms with Gasteiger partial charge < -0.3 is 15.0 Å². The summed E-state index contributed by atoms with van der Waals surface area (Å²) >= 11 is 0. The molecule has 3 aromatic rings. The molecule has 0 unspecified atom stereocenters.